The van der Waals surface area contributed by atoms with E-state index in [0.717, 1.165) is 31.5 Å². The molecule has 5 heteroatoms. The zero-order valence-electron chi connectivity index (χ0n) is 9.24. The van der Waals surface area contributed by atoms with Crippen molar-refractivity contribution in [3.8, 4) is 0 Å². The lowest BCUT2D eigenvalue weighted by atomic mass is 10.1. The first-order valence-electron chi connectivity index (χ1n) is 5.74. The maximum Gasteiger partial charge on any atom is 0.249 e. The third kappa shape index (κ3) is 3.06. The molecule has 1 saturated heterocycles. The van der Waals surface area contributed by atoms with Gasteiger partial charge in [-0.2, -0.15) is 0 Å². The highest BCUT2D eigenvalue weighted by Gasteiger charge is 2.21. The molecule has 1 fully saturated rings. The molecule has 1 atom stereocenters. The quantitative estimate of drug-likeness (QED) is 0.787. The lowest BCUT2D eigenvalue weighted by Crippen LogP contribution is -2.39. The summed E-state index contributed by atoms with van der Waals surface area (Å²) in [6, 6.07) is 0. The molecule has 0 saturated carbocycles. The molecule has 0 aliphatic carbocycles. The highest BCUT2D eigenvalue weighted by Crippen LogP contribution is 2.12. The monoisotopic (exact) mass is 223 g/mol. The van der Waals surface area contributed by atoms with Gasteiger partial charge in [0.25, 0.3) is 0 Å². The first kappa shape index (κ1) is 11.1. The summed E-state index contributed by atoms with van der Waals surface area (Å²) in [5.41, 5.74) is 0. The number of nitrogens with zero attached hydrogens (tertiary/aromatic N) is 1. The van der Waals surface area contributed by atoms with Crippen molar-refractivity contribution in [3.63, 3.8) is 0 Å². The van der Waals surface area contributed by atoms with Crippen LogP contribution in [0.2, 0.25) is 0 Å². The molecule has 1 amide bonds. The number of imidazole rings is 1. The van der Waals surface area contributed by atoms with Crippen molar-refractivity contribution >= 4 is 5.91 Å². The van der Waals surface area contributed by atoms with Crippen LogP contribution in [0.5, 0.6) is 0 Å². The molecule has 2 heterocycles. The van der Waals surface area contributed by atoms with Gasteiger partial charge in [-0.05, 0) is 19.3 Å². The number of carbonyl (C=O) groups excluding carboxylic acids is 1. The Morgan fingerprint density at radius 2 is 2.56 bits per heavy atom. The minimum absolute atomic E-state index is 0.00579. The van der Waals surface area contributed by atoms with E-state index in [1.807, 2.05) is 0 Å². The molecule has 16 heavy (non-hydrogen) atoms. The topological polar surface area (TPSA) is 67.0 Å². The Balaban J connectivity index is 1.67. The van der Waals surface area contributed by atoms with Crippen molar-refractivity contribution in [1.29, 1.82) is 0 Å². The summed E-state index contributed by atoms with van der Waals surface area (Å²) in [5.74, 6) is 0.899. The van der Waals surface area contributed by atoms with Gasteiger partial charge in [-0.15, -0.1) is 0 Å². The summed E-state index contributed by atoms with van der Waals surface area (Å²) in [4.78, 5) is 18.7. The van der Waals surface area contributed by atoms with E-state index in [9.17, 15) is 4.79 Å². The number of H-pyrrole nitrogens is 1. The second-order valence-corrected chi connectivity index (χ2v) is 3.93. The Kier molecular flexibility index (Phi) is 3.93. The van der Waals surface area contributed by atoms with Gasteiger partial charge in [-0.3, -0.25) is 4.79 Å². The Hall–Kier alpha value is -1.36. The van der Waals surface area contributed by atoms with E-state index in [0.29, 0.717) is 13.2 Å². The lowest BCUT2D eigenvalue weighted by molar-refractivity contribution is -0.135. The summed E-state index contributed by atoms with van der Waals surface area (Å²) >= 11 is 0. The van der Waals surface area contributed by atoms with Crippen LogP contribution in [0.3, 0.4) is 0 Å². The number of amides is 1. The number of hydrogen-bond acceptors (Lipinski definition) is 3. The molecule has 1 unspecified atom stereocenters. The molecule has 0 aromatic carbocycles. The largest absolute Gasteiger partial charge is 0.368 e. The van der Waals surface area contributed by atoms with Crippen molar-refractivity contribution in [3.05, 3.63) is 18.2 Å². The molecule has 0 spiro atoms. The van der Waals surface area contributed by atoms with Gasteiger partial charge in [-0.1, -0.05) is 0 Å². The maximum absolute atomic E-state index is 11.7. The average Bonchev–Trinajstić information content (AvgIpc) is 2.83. The van der Waals surface area contributed by atoms with E-state index >= 15 is 0 Å². The third-order valence-electron chi connectivity index (χ3n) is 2.69. The van der Waals surface area contributed by atoms with Crippen LogP contribution < -0.4 is 5.32 Å². The molecule has 0 bridgehead atoms. The number of hydrogen-bond donors (Lipinski definition) is 2. The molecular formula is C11H17N3O2. The van der Waals surface area contributed by atoms with Crippen LogP contribution in [0.4, 0.5) is 0 Å². The number of nitrogens with one attached hydrogen (secondary N) is 2. The SMILES string of the molecule is O=C(NCCc1ncc[nH]1)C1CCCCO1. The van der Waals surface area contributed by atoms with Gasteiger partial charge in [0.05, 0.1) is 0 Å². The number of aromatic amines is 1. The zero-order chi connectivity index (χ0) is 11.2. The molecule has 1 aliphatic heterocycles. The van der Waals surface area contributed by atoms with Crippen molar-refractivity contribution in [2.75, 3.05) is 13.2 Å². The summed E-state index contributed by atoms with van der Waals surface area (Å²) in [7, 11) is 0. The Bertz CT molecular complexity index is 318. The normalized spacial score (nSPS) is 20.6. The minimum atomic E-state index is -0.245. The molecule has 1 aromatic rings. The molecule has 0 radical (unpaired) electrons. The Morgan fingerprint density at radius 3 is 3.25 bits per heavy atom. The maximum atomic E-state index is 11.7. The predicted molar refractivity (Wildman–Crippen MR) is 58.9 cm³/mol. The molecule has 1 aromatic heterocycles. The summed E-state index contributed by atoms with van der Waals surface area (Å²) < 4.78 is 5.39. The van der Waals surface area contributed by atoms with Crippen LogP contribution in [0.1, 0.15) is 25.1 Å². The highest BCUT2D eigenvalue weighted by molar-refractivity contribution is 5.80. The van der Waals surface area contributed by atoms with Crippen LogP contribution in [0.15, 0.2) is 12.4 Å². The first-order valence-corrected chi connectivity index (χ1v) is 5.74. The number of ether oxygens (including phenoxy) is 1. The van der Waals surface area contributed by atoms with Gasteiger partial charge in [0, 0.05) is 32.0 Å². The van der Waals surface area contributed by atoms with Gasteiger partial charge in [0.2, 0.25) is 5.91 Å². The van der Waals surface area contributed by atoms with E-state index < -0.39 is 0 Å². The summed E-state index contributed by atoms with van der Waals surface area (Å²) in [6.45, 7) is 1.31. The molecule has 1 aliphatic rings. The van der Waals surface area contributed by atoms with E-state index in [-0.39, 0.29) is 12.0 Å². The van der Waals surface area contributed by atoms with Crippen molar-refractivity contribution in [2.45, 2.75) is 31.8 Å². The van der Waals surface area contributed by atoms with Crippen molar-refractivity contribution < 1.29 is 9.53 Å². The Labute approximate surface area is 94.6 Å². The summed E-state index contributed by atoms with van der Waals surface area (Å²) in [6.07, 6.45) is 6.96. The second-order valence-electron chi connectivity index (χ2n) is 3.93. The number of carbonyl (C=O) groups is 1. The van der Waals surface area contributed by atoms with E-state index in [1.54, 1.807) is 12.4 Å². The predicted octanol–water partition coefficient (Wildman–Crippen LogP) is 0.637. The van der Waals surface area contributed by atoms with Gasteiger partial charge in [-0.25, -0.2) is 4.98 Å². The van der Waals surface area contributed by atoms with E-state index in [1.165, 1.54) is 0 Å². The van der Waals surface area contributed by atoms with Crippen LogP contribution in [0, 0.1) is 0 Å². The smallest absolute Gasteiger partial charge is 0.249 e. The van der Waals surface area contributed by atoms with Gasteiger partial charge >= 0.3 is 0 Å². The van der Waals surface area contributed by atoms with Crippen LogP contribution in [-0.2, 0) is 16.0 Å². The molecular weight excluding hydrogens is 206 g/mol. The van der Waals surface area contributed by atoms with Gasteiger partial charge in [0.15, 0.2) is 0 Å². The van der Waals surface area contributed by atoms with Crippen LogP contribution in [0.25, 0.3) is 0 Å². The average molecular weight is 223 g/mol. The fourth-order valence-electron chi connectivity index (χ4n) is 1.80. The van der Waals surface area contributed by atoms with Gasteiger partial charge in [0.1, 0.15) is 11.9 Å². The minimum Gasteiger partial charge on any atom is -0.368 e. The number of aromatic nitrogens is 2. The van der Waals surface area contributed by atoms with Crippen LogP contribution >= 0.6 is 0 Å². The first-order chi connectivity index (χ1) is 7.86. The fourth-order valence-corrected chi connectivity index (χ4v) is 1.80. The van der Waals surface area contributed by atoms with E-state index in [2.05, 4.69) is 15.3 Å². The summed E-state index contributed by atoms with van der Waals surface area (Å²) in [5, 5.41) is 2.87. The molecule has 5 nitrogen and oxygen atoms in total. The van der Waals surface area contributed by atoms with Crippen molar-refractivity contribution in [2.24, 2.45) is 0 Å². The van der Waals surface area contributed by atoms with Crippen molar-refractivity contribution in [1.82, 2.24) is 15.3 Å². The Morgan fingerprint density at radius 1 is 1.62 bits per heavy atom. The molecule has 2 N–H and O–H groups in total. The fraction of sp³-hybridized carbons (Fsp3) is 0.636. The zero-order valence-corrected chi connectivity index (χ0v) is 9.24. The van der Waals surface area contributed by atoms with E-state index in [4.69, 9.17) is 4.74 Å². The number of rotatable bonds is 4. The standard InChI is InChI=1S/C11H17N3O2/c15-11(9-3-1-2-8-16-9)14-5-4-10-12-6-7-13-10/h6-7,9H,1-5,8H2,(H,12,13)(H,14,15). The highest BCUT2D eigenvalue weighted by atomic mass is 16.5. The second kappa shape index (κ2) is 5.65. The lowest BCUT2D eigenvalue weighted by Gasteiger charge is -2.21. The molecule has 88 valence electrons. The van der Waals surface area contributed by atoms with Crippen LogP contribution in [-0.4, -0.2) is 35.1 Å². The van der Waals surface area contributed by atoms with Gasteiger partial charge < -0.3 is 15.0 Å². The molecule has 2 rings (SSSR count). The third-order valence-corrected chi connectivity index (χ3v) is 2.69.